The maximum absolute atomic E-state index is 5.21. The molecule has 0 saturated heterocycles. The zero-order valence-corrected chi connectivity index (χ0v) is 16.0. The van der Waals surface area contributed by atoms with Crippen LogP contribution >= 0.6 is 0 Å². The number of hydrogen-bond acceptors (Lipinski definition) is 7. The Labute approximate surface area is 164 Å². The summed E-state index contributed by atoms with van der Waals surface area (Å²) >= 11 is 0. The van der Waals surface area contributed by atoms with E-state index in [0.29, 0.717) is 22.9 Å². The quantitative estimate of drug-likeness (QED) is 0.588. The highest BCUT2D eigenvalue weighted by Gasteiger charge is 2.11. The van der Waals surface area contributed by atoms with Gasteiger partial charge in [-0.2, -0.15) is 9.97 Å². The fourth-order valence-electron chi connectivity index (χ4n) is 3.31. The number of allylic oxidation sites excluding steroid dienone is 1. The van der Waals surface area contributed by atoms with E-state index in [1.165, 1.54) is 31.3 Å². The summed E-state index contributed by atoms with van der Waals surface area (Å²) in [5.41, 5.74) is 3.62. The third-order valence-corrected chi connectivity index (χ3v) is 4.80. The lowest BCUT2D eigenvalue weighted by Gasteiger charge is -2.14. The SMILES string of the molecule is COc1ccc(Nc2nc(NCCC3=CCCCC3)nc3nccnc23)cc1. The smallest absolute Gasteiger partial charge is 0.226 e. The summed E-state index contributed by atoms with van der Waals surface area (Å²) in [7, 11) is 1.65. The van der Waals surface area contributed by atoms with Crippen molar-refractivity contribution in [3.05, 3.63) is 48.3 Å². The molecule has 1 aliphatic rings. The molecule has 2 N–H and O–H groups in total. The molecule has 0 amide bonds. The van der Waals surface area contributed by atoms with Crippen LogP contribution in [0.3, 0.4) is 0 Å². The van der Waals surface area contributed by atoms with E-state index in [4.69, 9.17) is 4.74 Å². The summed E-state index contributed by atoms with van der Waals surface area (Å²) < 4.78 is 5.21. The molecule has 0 unspecified atom stereocenters. The summed E-state index contributed by atoms with van der Waals surface area (Å²) in [4.78, 5) is 17.9. The molecule has 0 bridgehead atoms. The van der Waals surface area contributed by atoms with Gasteiger partial charge in [-0.15, -0.1) is 0 Å². The van der Waals surface area contributed by atoms with E-state index in [2.05, 4.69) is 36.6 Å². The molecule has 3 aromatic rings. The molecule has 0 atom stereocenters. The van der Waals surface area contributed by atoms with Crippen molar-refractivity contribution in [2.24, 2.45) is 0 Å². The number of fused-ring (bicyclic) bond motifs is 1. The van der Waals surface area contributed by atoms with Crippen LogP contribution in [-0.2, 0) is 0 Å². The van der Waals surface area contributed by atoms with E-state index < -0.39 is 0 Å². The van der Waals surface area contributed by atoms with Crippen LogP contribution in [0.15, 0.2) is 48.3 Å². The van der Waals surface area contributed by atoms with Gasteiger partial charge in [-0.25, -0.2) is 9.97 Å². The molecule has 1 aromatic carbocycles. The van der Waals surface area contributed by atoms with Gasteiger partial charge in [0.05, 0.1) is 7.11 Å². The van der Waals surface area contributed by atoms with E-state index in [-0.39, 0.29) is 0 Å². The number of nitrogens with one attached hydrogen (secondary N) is 2. The summed E-state index contributed by atoms with van der Waals surface area (Å²) in [5.74, 6) is 1.99. The third kappa shape index (κ3) is 4.36. The second-order valence-electron chi connectivity index (χ2n) is 6.76. The van der Waals surface area contributed by atoms with Crippen LogP contribution in [0.2, 0.25) is 0 Å². The Hall–Kier alpha value is -3.22. The maximum atomic E-state index is 5.21. The Morgan fingerprint density at radius 3 is 2.68 bits per heavy atom. The van der Waals surface area contributed by atoms with Crippen molar-refractivity contribution >= 4 is 28.6 Å². The predicted molar refractivity (Wildman–Crippen MR) is 111 cm³/mol. The molecule has 1 aliphatic carbocycles. The predicted octanol–water partition coefficient (Wildman–Crippen LogP) is 4.47. The number of anilines is 3. The summed E-state index contributed by atoms with van der Waals surface area (Å²) in [5, 5.41) is 6.66. The number of hydrogen-bond donors (Lipinski definition) is 2. The highest BCUT2D eigenvalue weighted by atomic mass is 16.5. The van der Waals surface area contributed by atoms with Gasteiger partial charge in [0.15, 0.2) is 17.0 Å². The second-order valence-corrected chi connectivity index (χ2v) is 6.76. The number of ether oxygens (including phenoxy) is 1. The topological polar surface area (TPSA) is 84.9 Å². The lowest BCUT2D eigenvalue weighted by atomic mass is 9.97. The molecule has 0 radical (unpaired) electrons. The second kappa shape index (κ2) is 8.65. The zero-order chi connectivity index (χ0) is 19.2. The van der Waals surface area contributed by atoms with Gasteiger partial charge >= 0.3 is 0 Å². The monoisotopic (exact) mass is 376 g/mol. The van der Waals surface area contributed by atoms with Crippen LogP contribution in [-0.4, -0.2) is 33.6 Å². The number of methoxy groups -OCH3 is 1. The Bertz CT molecular complexity index is 970. The third-order valence-electron chi connectivity index (χ3n) is 4.80. The van der Waals surface area contributed by atoms with Crippen molar-refractivity contribution in [2.75, 3.05) is 24.3 Å². The summed E-state index contributed by atoms with van der Waals surface area (Å²) in [6, 6.07) is 7.67. The molecule has 144 valence electrons. The van der Waals surface area contributed by atoms with Crippen molar-refractivity contribution in [3.8, 4) is 5.75 Å². The lowest BCUT2D eigenvalue weighted by molar-refractivity contribution is 0.415. The number of rotatable bonds is 7. The standard InChI is InChI=1S/C21H24N6O/c1-28-17-9-7-16(8-10-17)25-20-18-19(23-14-13-22-18)26-21(27-20)24-12-11-15-5-3-2-4-6-15/h5,7-10,13-14H,2-4,6,11-12H2,1H3,(H2,23,24,25,26,27). The minimum atomic E-state index is 0.556. The van der Waals surface area contributed by atoms with E-state index in [1.807, 2.05) is 24.3 Å². The molecule has 0 saturated carbocycles. The fourth-order valence-corrected chi connectivity index (χ4v) is 3.31. The molecule has 2 aromatic heterocycles. The largest absolute Gasteiger partial charge is 0.497 e. The average Bonchev–Trinajstić information content (AvgIpc) is 2.75. The fraction of sp³-hybridized carbons (Fsp3) is 0.333. The van der Waals surface area contributed by atoms with Crippen LogP contribution in [0, 0.1) is 0 Å². The first-order valence-electron chi connectivity index (χ1n) is 9.63. The van der Waals surface area contributed by atoms with Crippen molar-refractivity contribution < 1.29 is 4.74 Å². The van der Waals surface area contributed by atoms with Gasteiger partial charge in [-0.1, -0.05) is 11.6 Å². The van der Waals surface area contributed by atoms with Gasteiger partial charge < -0.3 is 15.4 Å². The number of benzene rings is 1. The van der Waals surface area contributed by atoms with Gasteiger partial charge in [0.2, 0.25) is 5.95 Å². The van der Waals surface area contributed by atoms with E-state index in [9.17, 15) is 0 Å². The molecular weight excluding hydrogens is 352 g/mol. The van der Waals surface area contributed by atoms with Crippen LogP contribution in [0.25, 0.3) is 11.2 Å². The lowest BCUT2D eigenvalue weighted by Crippen LogP contribution is -2.09. The van der Waals surface area contributed by atoms with Gasteiger partial charge in [0.1, 0.15) is 5.75 Å². The summed E-state index contributed by atoms with van der Waals surface area (Å²) in [6.45, 7) is 0.805. The maximum Gasteiger partial charge on any atom is 0.226 e. The molecular formula is C21H24N6O. The Morgan fingerprint density at radius 1 is 1.04 bits per heavy atom. The van der Waals surface area contributed by atoms with Crippen molar-refractivity contribution in [2.45, 2.75) is 32.1 Å². The molecule has 7 nitrogen and oxygen atoms in total. The highest BCUT2D eigenvalue weighted by Crippen LogP contribution is 2.24. The van der Waals surface area contributed by atoms with Crippen molar-refractivity contribution in [1.82, 2.24) is 19.9 Å². The van der Waals surface area contributed by atoms with Crippen LogP contribution < -0.4 is 15.4 Å². The number of aromatic nitrogens is 4. The average molecular weight is 376 g/mol. The van der Waals surface area contributed by atoms with E-state index in [0.717, 1.165) is 24.4 Å². The summed E-state index contributed by atoms with van der Waals surface area (Å²) in [6.07, 6.45) is 11.7. The Kier molecular flexibility index (Phi) is 5.61. The highest BCUT2D eigenvalue weighted by molar-refractivity contribution is 5.85. The zero-order valence-electron chi connectivity index (χ0n) is 16.0. The van der Waals surface area contributed by atoms with E-state index >= 15 is 0 Å². The van der Waals surface area contributed by atoms with Gasteiger partial charge in [-0.05, 0) is 56.4 Å². The molecule has 4 rings (SSSR count). The first-order valence-corrected chi connectivity index (χ1v) is 9.63. The molecule has 28 heavy (non-hydrogen) atoms. The van der Waals surface area contributed by atoms with Crippen LogP contribution in [0.4, 0.5) is 17.5 Å². The Morgan fingerprint density at radius 2 is 1.89 bits per heavy atom. The molecule has 7 heteroatoms. The number of nitrogens with zero attached hydrogens (tertiary/aromatic N) is 4. The van der Waals surface area contributed by atoms with Crippen molar-refractivity contribution in [1.29, 1.82) is 0 Å². The first kappa shape index (κ1) is 18.2. The minimum Gasteiger partial charge on any atom is -0.497 e. The normalized spacial score (nSPS) is 13.8. The van der Waals surface area contributed by atoms with Crippen LogP contribution in [0.1, 0.15) is 32.1 Å². The van der Waals surface area contributed by atoms with Gasteiger partial charge in [0, 0.05) is 24.6 Å². The Balaban J connectivity index is 1.53. The van der Waals surface area contributed by atoms with Gasteiger partial charge in [-0.3, -0.25) is 0 Å². The molecule has 0 spiro atoms. The van der Waals surface area contributed by atoms with Gasteiger partial charge in [0.25, 0.3) is 0 Å². The van der Waals surface area contributed by atoms with Crippen LogP contribution in [0.5, 0.6) is 5.75 Å². The minimum absolute atomic E-state index is 0.556. The molecule has 2 heterocycles. The molecule has 0 aliphatic heterocycles. The van der Waals surface area contributed by atoms with Crippen molar-refractivity contribution in [3.63, 3.8) is 0 Å². The first-order chi connectivity index (χ1) is 13.8. The van der Waals surface area contributed by atoms with E-state index in [1.54, 1.807) is 19.5 Å². The molecule has 0 fully saturated rings.